The first-order valence-electron chi connectivity index (χ1n) is 4.13. The summed E-state index contributed by atoms with van der Waals surface area (Å²) in [5.74, 6) is 0.0960. The first kappa shape index (κ1) is 7.91. The van der Waals surface area contributed by atoms with Crippen LogP contribution in [0.2, 0.25) is 0 Å². The molecule has 0 aliphatic rings. The number of rotatable bonds is 2. The van der Waals surface area contributed by atoms with Gasteiger partial charge in [0, 0.05) is 18.8 Å². The van der Waals surface area contributed by atoms with Gasteiger partial charge < -0.3 is 0 Å². The first-order chi connectivity index (χ1) is 6.33. The largest absolute Gasteiger partial charge is 0.294 e. The molecule has 2 aromatic rings. The second kappa shape index (κ2) is 2.97. The third-order valence-corrected chi connectivity index (χ3v) is 1.92. The van der Waals surface area contributed by atoms with Gasteiger partial charge >= 0.3 is 0 Å². The molecule has 0 saturated carbocycles. The van der Waals surface area contributed by atoms with Crippen molar-refractivity contribution in [3.63, 3.8) is 0 Å². The van der Waals surface area contributed by atoms with Gasteiger partial charge in [0.25, 0.3) is 0 Å². The van der Waals surface area contributed by atoms with Gasteiger partial charge in [-0.3, -0.25) is 14.2 Å². The fourth-order valence-electron chi connectivity index (χ4n) is 1.23. The number of nitrogens with zero attached hydrogens (tertiary/aromatic N) is 3. The fourth-order valence-corrected chi connectivity index (χ4v) is 1.23. The van der Waals surface area contributed by atoms with Gasteiger partial charge in [-0.05, 0) is 0 Å². The molecule has 0 saturated heterocycles. The summed E-state index contributed by atoms with van der Waals surface area (Å²) in [6.07, 6.45) is 7.09. The van der Waals surface area contributed by atoms with E-state index in [9.17, 15) is 4.79 Å². The van der Waals surface area contributed by atoms with Crippen molar-refractivity contribution in [2.24, 2.45) is 0 Å². The van der Waals surface area contributed by atoms with Gasteiger partial charge in [-0.15, -0.1) is 0 Å². The molecule has 4 heteroatoms. The van der Waals surface area contributed by atoms with Crippen molar-refractivity contribution in [1.29, 1.82) is 0 Å². The number of fused-ring (bicyclic) bond motifs is 1. The third kappa shape index (κ3) is 1.20. The van der Waals surface area contributed by atoms with E-state index in [1.165, 1.54) is 0 Å². The number of aromatic nitrogens is 3. The maximum atomic E-state index is 11.4. The lowest BCUT2D eigenvalue weighted by Gasteiger charge is -1.96. The molecule has 2 rings (SSSR count). The van der Waals surface area contributed by atoms with Crippen molar-refractivity contribution in [1.82, 2.24) is 14.4 Å². The molecular formula is C9H9N3O. The van der Waals surface area contributed by atoms with E-state index in [0.29, 0.717) is 17.8 Å². The van der Waals surface area contributed by atoms with Crippen LogP contribution in [0.25, 0.3) is 5.65 Å². The number of imidazole rings is 1. The van der Waals surface area contributed by atoms with Crippen LogP contribution in [-0.4, -0.2) is 20.2 Å². The van der Waals surface area contributed by atoms with E-state index in [2.05, 4.69) is 9.97 Å². The van der Waals surface area contributed by atoms with Crippen molar-refractivity contribution in [3.8, 4) is 0 Å². The molecule has 0 fully saturated rings. The average Bonchev–Trinajstić information content (AvgIpc) is 2.60. The first-order valence-corrected chi connectivity index (χ1v) is 4.13. The topological polar surface area (TPSA) is 47.3 Å². The quantitative estimate of drug-likeness (QED) is 0.647. The molecule has 0 bridgehead atoms. The number of hydrogen-bond donors (Lipinski definition) is 0. The second-order valence-electron chi connectivity index (χ2n) is 2.72. The Morgan fingerprint density at radius 3 is 3.15 bits per heavy atom. The summed E-state index contributed by atoms with van der Waals surface area (Å²) in [4.78, 5) is 19.4. The zero-order valence-corrected chi connectivity index (χ0v) is 7.27. The Hall–Kier alpha value is -1.71. The third-order valence-electron chi connectivity index (χ3n) is 1.92. The van der Waals surface area contributed by atoms with E-state index < -0.39 is 0 Å². The van der Waals surface area contributed by atoms with Crippen LogP contribution < -0.4 is 0 Å². The molecule has 0 unspecified atom stereocenters. The summed E-state index contributed by atoms with van der Waals surface area (Å²) >= 11 is 0. The van der Waals surface area contributed by atoms with Gasteiger partial charge in [0.1, 0.15) is 5.69 Å². The Bertz CT molecular complexity index is 447. The van der Waals surface area contributed by atoms with E-state index >= 15 is 0 Å². The molecular weight excluding hydrogens is 166 g/mol. The van der Waals surface area contributed by atoms with Crippen LogP contribution in [0.1, 0.15) is 23.8 Å². The van der Waals surface area contributed by atoms with Crippen LogP contribution in [-0.2, 0) is 0 Å². The summed E-state index contributed by atoms with van der Waals surface area (Å²) in [6.45, 7) is 1.84. The maximum absolute atomic E-state index is 11.4. The van der Waals surface area contributed by atoms with Gasteiger partial charge in [0.05, 0.1) is 12.4 Å². The highest BCUT2D eigenvalue weighted by atomic mass is 16.1. The minimum absolute atomic E-state index is 0.0960. The normalized spacial score (nSPS) is 10.5. The molecule has 0 atom stereocenters. The van der Waals surface area contributed by atoms with E-state index in [0.717, 1.165) is 0 Å². The highest BCUT2D eigenvalue weighted by Gasteiger charge is 2.08. The van der Waals surface area contributed by atoms with Crippen molar-refractivity contribution in [2.75, 3.05) is 0 Å². The van der Waals surface area contributed by atoms with Crippen LogP contribution in [0.3, 0.4) is 0 Å². The summed E-state index contributed by atoms with van der Waals surface area (Å²) in [7, 11) is 0. The molecule has 0 aromatic carbocycles. The Kier molecular flexibility index (Phi) is 1.81. The Labute approximate surface area is 75.2 Å². The SMILES string of the molecule is CCC(=O)c1cnc2cnccn12. The Morgan fingerprint density at radius 2 is 2.38 bits per heavy atom. The minimum atomic E-state index is 0.0960. The Balaban J connectivity index is 2.64. The number of Topliss-reactive ketones (excluding diaryl/α,β-unsaturated/α-hetero) is 1. The zero-order chi connectivity index (χ0) is 9.26. The molecule has 0 radical (unpaired) electrons. The van der Waals surface area contributed by atoms with Gasteiger partial charge in [-0.2, -0.15) is 0 Å². The van der Waals surface area contributed by atoms with Crippen molar-refractivity contribution in [2.45, 2.75) is 13.3 Å². The van der Waals surface area contributed by atoms with E-state index in [-0.39, 0.29) is 5.78 Å². The lowest BCUT2D eigenvalue weighted by Crippen LogP contribution is -2.01. The monoisotopic (exact) mass is 175 g/mol. The number of carbonyl (C=O) groups is 1. The van der Waals surface area contributed by atoms with E-state index in [4.69, 9.17) is 0 Å². The summed E-state index contributed by atoms with van der Waals surface area (Å²) in [5.41, 5.74) is 1.33. The van der Waals surface area contributed by atoms with Gasteiger partial charge in [0.2, 0.25) is 0 Å². The average molecular weight is 175 g/mol. The minimum Gasteiger partial charge on any atom is -0.294 e. The highest BCUT2D eigenvalue weighted by Crippen LogP contribution is 2.06. The number of carbonyl (C=O) groups excluding carboxylic acids is 1. The molecule has 0 spiro atoms. The number of ketones is 1. The van der Waals surface area contributed by atoms with Crippen LogP contribution in [0.5, 0.6) is 0 Å². The maximum Gasteiger partial charge on any atom is 0.180 e. The van der Waals surface area contributed by atoms with Crippen LogP contribution in [0.4, 0.5) is 0 Å². The second-order valence-corrected chi connectivity index (χ2v) is 2.72. The Morgan fingerprint density at radius 1 is 1.54 bits per heavy atom. The van der Waals surface area contributed by atoms with E-state index in [1.807, 2.05) is 6.92 Å². The van der Waals surface area contributed by atoms with Crippen LogP contribution in [0, 0.1) is 0 Å². The standard InChI is InChI=1S/C9H9N3O/c1-2-8(13)7-5-11-9-6-10-3-4-12(7)9/h3-6H,2H2,1H3. The van der Waals surface area contributed by atoms with Crippen LogP contribution in [0.15, 0.2) is 24.8 Å². The van der Waals surface area contributed by atoms with Crippen molar-refractivity contribution in [3.05, 3.63) is 30.5 Å². The predicted octanol–water partition coefficient (Wildman–Crippen LogP) is 1.32. The smallest absolute Gasteiger partial charge is 0.180 e. The van der Waals surface area contributed by atoms with Crippen molar-refractivity contribution < 1.29 is 4.79 Å². The molecule has 0 aliphatic carbocycles. The van der Waals surface area contributed by atoms with E-state index in [1.54, 1.807) is 29.2 Å². The molecule has 0 amide bonds. The molecule has 4 nitrogen and oxygen atoms in total. The van der Waals surface area contributed by atoms with Gasteiger partial charge in [-0.1, -0.05) is 6.92 Å². The van der Waals surface area contributed by atoms with Gasteiger partial charge in [0.15, 0.2) is 11.4 Å². The molecule has 2 heterocycles. The zero-order valence-electron chi connectivity index (χ0n) is 7.27. The summed E-state index contributed by atoms with van der Waals surface area (Å²) in [6, 6.07) is 0. The van der Waals surface area contributed by atoms with Crippen LogP contribution >= 0.6 is 0 Å². The predicted molar refractivity (Wildman–Crippen MR) is 47.6 cm³/mol. The lowest BCUT2D eigenvalue weighted by molar-refractivity contribution is 0.0982. The molecule has 13 heavy (non-hydrogen) atoms. The molecule has 2 aromatic heterocycles. The van der Waals surface area contributed by atoms with Crippen molar-refractivity contribution >= 4 is 11.4 Å². The summed E-state index contributed by atoms with van der Waals surface area (Å²) in [5, 5.41) is 0. The summed E-state index contributed by atoms with van der Waals surface area (Å²) < 4.78 is 1.75. The number of hydrogen-bond acceptors (Lipinski definition) is 3. The van der Waals surface area contributed by atoms with Gasteiger partial charge in [-0.25, -0.2) is 4.98 Å². The fraction of sp³-hybridized carbons (Fsp3) is 0.222. The highest BCUT2D eigenvalue weighted by molar-refractivity contribution is 5.94. The lowest BCUT2D eigenvalue weighted by atomic mass is 10.2. The molecule has 0 aliphatic heterocycles. The molecule has 66 valence electrons. The molecule has 0 N–H and O–H groups in total.